The lowest BCUT2D eigenvalue weighted by atomic mass is 9.98. The molecule has 1 saturated heterocycles. The van der Waals surface area contributed by atoms with Crippen molar-refractivity contribution in [2.75, 3.05) is 19.7 Å². The first-order valence-electron chi connectivity index (χ1n) is 7.76. The van der Waals surface area contributed by atoms with E-state index >= 15 is 0 Å². The van der Waals surface area contributed by atoms with Crippen LogP contribution < -0.4 is 5.32 Å². The van der Waals surface area contributed by atoms with E-state index in [1.807, 2.05) is 18.0 Å². The fourth-order valence-electron chi connectivity index (χ4n) is 2.87. The molecule has 116 valence electrons. The highest BCUT2D eigenvalue weighted by molar-refractivity contribution is 7.11. The topological polar surface area (TPSA) is 65.5 Å². The first-order valence-corrected chi connectivity index (χ1v) is 8.57. The number of hydrogen-bond donors (Lipinski definition) is 2. The summed E-state index contributed by atoms with van der Waals surface area (Å²) < 4.78 is 0. The van der Waals surface area contributed by atoms with E-state index in [-0.39, 0.29) is 18.7 Å². The van der Waals surface area contributed by atoms with E-state index in [9.17, 15) is 4.79 Å². The lowest BCUT2D eigenvalue weighted by molar-refractivity contribution is 0.135. The number of piperidine rings is 1. The van der Waals surface area contributed by atoms with Gasteiger partial charge in [-0.05, 0) is 44.4 Å². The smallest absolute Gasteiger partial charge is 0.317 e. The molecule has 21 heavy (non-hydrogen) atoms. The number of aliphatic hydroxyl groups excluding tert-OH is 1. The molecule has 0 bridgehead atoms. The van der Waals surface area contributed by atoms with Crippen LogP contribution in [0.1, 0.15) is 41.6 Å². The summed E-state index contributed by atoms with van der Waals surface area (Å²) in [5.74, 6) is 0.907. The highest BCUT2D eigenvalue weighted by atomic mass is 32.1. The predicted molar refractivity (Wildman–Crippen MR) is 82.2 cm³/mol. The second-order valence-corrected chi connectivity index (χ2v) is 7.45. The zero-order chi connectivity index (χ0) is 14.8. The Morgan fingerprint density at radius 3 is 2.71 bits per heavy atom. The van der Waals surface area contributed by atoms with Crippen LogP contribution in [0.2, 0.25) is 0 Å². The summed E-state index contributed by atoms with van der Waals surface area (Å²) in [6.07, 6.45) is 6.03. The molecule has 6 heteroatoms. The standard InChI is InChI=1S/C15H23N3O2S/c1-10-8-16-14(21-10)13(12-2-3-12)17-15(20)18-6-4-11(9-19)5-7-18/h8,11-13,19H,2-7,9H2,1H3,(H,17,20). The predicted octanol–water partition coefficient (Wildman–Crippen LogP) is 2.32. The van der Waals surface area contributed by atoms with E-state index in [0.29, 0.717) is 11.8 Å². The Bertz CT molecular complexity index is 493. The van der Waals surface area contributed by atoms with Crippen molar-refractivity contribution in [2.45, 2.75) is 38.6 Å². The van der Waals surface area contributed by atoms with Gasteiger partial charge in [0.1, 0.15) is 5.01 Å². The minimum absolute atomic E-state index is 0.0242. The molecule has 1 saturated carbocycles. The molecule has 0 radical (unpaired) electrons. The Hall–Kier alpha value is -1.14. The van der Waals surface area contributed by atoms with Crippen LogP contribution in [-0.2, 0) is 0 Å². The molecular weight excluding hydrogens is 286 g/mol. The zero-order valence-corrected chi connectivity index (χ0v) is 13.2. The molecule has 2 heterocycles. The highest BCUT2D eigenvalue weighted by Crippen LogP contribution is 2.42. The van der Waals surface area contributed by atoms with Crippen molar-refractivity contribution in [3.8, 4) is 0 Å². The van der Waals surface area contributed by atoms with Gasteiger partial charge in [0.05, 0.1) is 6.04 Å². The maximum absolute atomic E-state index is 12.4. The van der Waals surface area contributed by atoms with E-state index in [1.165, 1.54) is 17.7 Å². The number of aliphatic hydroxyl groups is 1. The van der Waals surface area contributed by atoms with Gasteiger partial charge in [0.2, 0.25) is 0 Å². The molecular formula is C15H23N3O2S. The van der Waals surface area contributed by atoms with E-state index in [1.54, 1.807) is 11.3 Å². The summed E-state index contributed by atoms with van der Waals surface area (Å²) in [4.78, 5) is 20.0. The molecule has 1 aromatic rings. The molecule has 1 atom stereocenters. The van der Waals surface area contributed by atoms with Crippen LogP contribution in [-0.4, -0.2) is 40.7 Å². The van der Waals surface area contributed by atoms with Crippen molar-refractivity contribution in [1.29, 1.82) is 0 Å². The summed E-state index contributed by atoms with van der Waals surface area (Å²) in [6.45, 7) is 3.77. The molecule has 3 rings (SSSR count). The van der Waals surface area contributed by atoms with Crippen LogP contribution in [0, 0.1) is 18.8 Å². The summed E-state index contributed by atoms with van der Waals surface area (Å²) in [7, 11) is 0. The van der Waals surface area contributed by atoms with Crippen LogP contribution in [0.15, 0.2) is 6.20 Å². The third kappa shape index (κ3) is 3.55. The molecule has 1 aliphatic carbocycles. The van der Waals surface area contributed by atoms with Gasteiger partial charge in [-0.3, -0.25) is 0 Å². The Morgan fingerprint density at radius 1 is 1.48 bits per heavy atom. The first-order chi connectivity index (χ1) is 10.2. The monoisotopic (exact) mass is 309 g/mol. The summed E-state index contributed by atoms with van der Waals surface area (Å²) >= 11 is 1.68. The molecule has 2 fully saturated rings. The number of amides is 2. The van der Waals surface area contributed by atoms with E-state index in [0.717, 1.165) is 30.9 Å². The average molecular weight is 309 g/mol. The van der Waals surface area contributed by atoms with Gasteiger partial charge < -0.3 is 15.3 Å². The maximum Gasteiger partial charge on any atom is 0.317 e. The van der Waals surface area contributed by atoms with Crippen molar-refractivity contribution < 1.29 is 9.90 Å². The highest BCUT2D eigenvalue weighted by Gasteiger charge is 2.36. The second-order valence-electron chi connectivity index (χ2n) is 6.19. The van der Waals surface area contributed by atoms with Crippen molar-refractivity contribution in [3.05, 3.63) is 16.1 Å². The molecule has 2 amide bonds. The molecule has 1 unspecified atom stereocenters. The second kappa shape index (κ2) is 6.32. The van der Waals surface area contributed by atoms with Crippen LogP contribution in [0.5, 0.6) is 0 Å². The van der Waals surface area contributed by atoms with E-state index in [2.05, 4.69) is 10.3 Å². The SMILES string of the molecule is Cc1cnc(C(NC(=O)N2CCC(CO)CC2)C2CC2)s1. The van der Waals surface area contributed by atoms with Gasteiger partial charge in [-0.25, -0.2) is 9.78 Å². The fraction of sp³-hybridized carbons (Fsp3) is 0.733. The number of hydrogen-bond acceptors (Lipinski definition) is 4. The van der Waals surface area contributed by atoms with Gasteiger partial charge in [0.15, 0.2) is 0 Å². The van der Waals surface area contributed by atoms with Crippen molar-refractivity contribution >= 4 is 17.4 Å². The fourth-order valence-corrected chi connectivity index (χ4v) is 3.79. The Labute approximate surface area is 129 Å². The Balaban J connectivity index is 1.60. The number of thiazole rings is 1. The van der Waals surface area contributed by atoms with Gasteiger partial charge in [0.25, 0.3) is 0 Å². The maximum atomic E-state index is 12.4. The van der Waals surface area contributed by atoms with Crippen molar-refractivity contribution in [2.24, 2.45) is 11.8 Å². The normalized spacial score (nSPS) is 21.3. The largest absolute Gasteiger partial charge is 0.396 e. The lowest BCUT2D eigenvalue weighted by Crippen LogP contribution is -2.46. The van der Waals surface area contributed by atoms with Gasteiger partial charge in [-0.2, -0.15) is 0 Å². The molecule has 2 N–H and O–H groups in total. The molecule has 5 nitrogen and oxygen atoms in total. The number of nitrogens with one attached hydrogen (secondary N) is 1. The average Bonchev–Trinajstić information content (AvgIpc) is 3.26. The van der Waals surface area contributed by atoms with Gasteiger partial charge in [-0.15, -0.1) is 11.3 Å². The zero-order valence-electron chi connectivity index (χ0n) is 12.4. The molecule has 0 spiro atoms. The van der Waals surface area contributed by atoms with Gasteiger partial charge >= 0.3 is 6.03 Å². The third-order valence-corrected chi connectivity index (χ3v) is 5.43. The lowest BCUT2D eigenvalue weighted by Gasteiger charge is -2.32. The summed E-state index contributed by atoms with van der Waals surface area (Å²) in [5, 5.41) is 13.4. The number of carbonyl (C=O) groups is 1. The van der Waals surface area contributed by atoms with Crippen LogP contribution in [0.25, 0.3) is 0 Å². The van der Waals surface area contributed by atoms with Crippen LogP contribution in [0.4, 0.5) is 4.79 Å². The van der Waals surface area contributed by atoms with E-state index in [4.69, 9.17) is 5.11 Å². The first kappa shape index (κ1) is 14.8. The summed E-state index contributed by atoms with van der Waals surface area (Å²) in [5.41, 5.74) is 0. The van der Waals surface area contributed by atoms with Gasteiger partial charge in [-0.1, -0.05) is 0 Å². The van der Waals surface area contributed by atoms with Gasteiger partial charge in [0, 0.05) is 30.8 Å². The Kier molecular flexibility index (Phi) is 4.45. The summed E-state index contributed by atoms with van der Waals surface area (Å²) in [6, 6.07) is 0.0999. The quantitative estimate of drug-likeness (QED) is 0.897. The van der Waals surface area contributed by atoms with Crippen molar-refractivity contribution in [1.82, 2.24) is 15.2 Å². The number of likely N-dealkylation sites (tertiary alicyclic amines) is 1. The minimum Gasteiger partial charge on any atom is -0.396 e. The number of rotatable bonds is 4. The van der Waals surface area contributed by atoms with Crippen LogP contribution in [0.3, 0.4) is 0 Å². The molecule has 2 aliphatic rings. The number of aryl methyl sites for hydroxylation is 1. The number of carbonyl (C=O) groups excluding carboxylic acids is 1. The number of nitrogens with zero attached hydrogens (tertiary/aromatic N) is 2. The molecule has 1 aromatic heterocycles. The Morgan fingerprint density at radius 2 is 2.19 bits per heavy atom. The van der Waals surface area contributed by atoms with E-state index < -0.39 is 0 Å². The number of urea groups is 1. The third-order valence-electron chi connectivity index (χ3n) is 4.44. The number of aromatic nitrogens is 1. The van der Waals surface area contributed by atoms with Crippen LogP contribution >= 0.6 is 11.3 Å². The molecule has 1 aliphatic heterocycles. The van der Waals surface area contributed by atoms with Crippen molar-refractivity contribution in [3.63, 3.8) is 0 Å². The minimum atomic E-state index is 0.0242. The molecule has 0 aromatic carbocycles.